The number of carboxylic acid groups (broad SMARTS) is 4. The first-order valence-corrected chi connectivity index (χ1v) is 44.9. The van der Waals surface area contributed by atoms with Crippen LogP contribution in [0, 0.1) is 29.1 Å². The first-order chi connectivity index (χ1) is 63.7. The molecule has 2 aromatic carbocycles. The van der Waals surface area contributed by atoms with E-state index in [0.29, 0.717) is 47.8 Å². The summed E-state index contributed by atoms with van der Waals surface area (Å²) in [5, 5.41) is 95.0. The van der Waals surface area contributed by atoms with Gasteiger partial charge in [0.2, 0.25) is 94.5 Å². The van der Waals surface area contributed by atoms with E-state index in [1.807, 2.05) is 0 Å². The molecule has 1 aromatic heterocycles. The molecule has 0 unspecified atom stereocenters. The third-order valence-corrected chi connectivity index (χ3v) is 22.3. The number of aliphatic hydroxyl groups excluding tert-OH is 1. The summed E-state index contributed by atoms with van der Waals surface area (Å²) in [7, 11) is 0. The van der Waals surface area contributed by atoms with Gasteiger partial charge in [-0.2, -0.15) is 0 Å². The Kier molecular flexibility index (Phi) is 51.3. The largest absolute Gasteiger partial charge is 0.481 e. The van der Waals surface area contributed by atoms with Crippen molar-refractivity contribution in [1.82, 2.24) is 84.7 Å². The van der Waals surface area contributed by atoms with Crippen molar-refractivity contribution in [2.24, 2.45) is 58.1 Å². The molecular formula is C87H137N23O25. The summed E-state index contributed by atoms with van der Waals surface area (Å²) in [6.07, 6.45) is -3.58. The number of hydrogen-bond acceptors (Lipinski definition) is 25. The molecule has 0 aliphatic carbocycles. The number of benzene rings is 2. The maximum atomic E-state index is 15.2. The number of aromatic amines is 1. The van der Waals surface area contributed by atoms with Crippen LogP contribution in [-0.4, -0.2) is 272 Å². The third kappa shape index (κ3) is 41.7. The molecule has 135 heavy (non-hydrogen) atoms. The van der Waals surface area contributed by atoms with Crippen LogP contribution in [0.1, 0.15) is 189 Å². The van der Waals surface area contributed by atoms with Crippen LogP contribution in [0.3, 0.4) is 0 Å². The van der Waals surface area contributed by atoms with Gasteiger partial charge < -0.3 is 145 Å². The SMILES string of the molecule is CC[C@H](C)[C@H](NC(=O)[C@H](CC(=O)O)NC(=O)[C@H](CCCCN)NC(=O)[C@H](CO)NC(=O)[C@H](Cc1c[nH]c2ccccc12)NC(=O)[C@H](Cc1ccccc1)NC(=O)[C@@H](NC(=O)[C@H](CC(C)C)NC(=O)[C@@H](NC(=O)[C@H](CCC(=O)O)NC(=O)[C@H](CC(N)=O)NC(=O)[C@H](CC(=O)O)NC(=O)[C@H](CCC(N)=O)NC(=O)[C@H](CCCNC(=N)N)NC(=O)[C@@H](N)CCCCN)[C@@H](C)CC)[C@@H](C)CC)C(=O)O. The van der Waals surface area contributed by atoms with Crippen molar-refractivity contribution in [2.45, 2.75) is 281 Å². The molecule has 0 saturated heterocycles. The van der Waals surface area contributed by atoms with Crippen molar-refractivity contribution >= 4 is 135 Å². The van der Waals surface area contributed by atoms with Gasteiger partial charge in [0.15, 0.2) is 5.96 Å². The van der Waals surface area contributed by atoms with E-state index in [-0.39, 0.29) is 83.7 Å². The second kappa shape index (κ2) is 59.9. The van der Waals surface area contributed by atoms with Crippen LogP contribution in [0.5, 0.6) is 0 Å². The van der Waals surface area contributed by atoms with E-state index in [1.165, 1.54) is 13.8 Å². The van der Waals surface area contributed by atoms with Crippen molar-refractivity contribution in [1.29, 1.82) is 5.41 Å². The van der Waals surface area contributed by atoms with Gasteiger partial charge in [0.05, 0.1) is 31.9 Å². The van der Waals surface area contributed by atoms with Crippen molar-refractivity contribution in [2.75, 3.05) is 26.2 Å². The number of amides is 16. The summed E-state index contributed by atoms with van der Waals surface area (Å²) in [6, 6.07) is -10.5. The minimum Gasteiger partial charge on any atom is -0.481 e. The minimum absolute atomic E-state index is 0.0245. The Morgan fingerprint density at radius 2 is 0.748 bits per heavy atom. The third-order valence-electron chi connectivity index (χ3n) is 22.3. The molecule has 0 aliphatic rings. The number of unbranched alkanes of at least 4 members (excludes halogenated alkanes) is 2. The highest BCUT2D eigenvalue weighted by molar-refractivity contribution is 6.03. The predicted octanol–water partition coefficient (Wildman–Crippen LogP) is -5.19. The zero-order valence-electron chi connectivity index (χ0n) is 77.3. The zero-order chi connectivity index (χ0) is 101. The van der Waals surface area contributed by atoms with Gasteiger partial charge >= 0.3 is 23.9 Å². The highest BCUT2D eigenvalue weighted by atomic mass is 16.4. The molecule has 48 nitrogen and oxygen atoms in total. The molecule has 0 saturated carbocycles. The maximum Gasteiger partial charge on any atom is 0.326 e. The average Bonchev–Trinajstić information content (AvgIpc) is 1.78. The van der Waals surface area contributed by atoms with Crippen LogP contribution in [0.4, 0.5) is 0 Å². The van der Waals surface area contributed by atoms with Crippen molar-refractivity contribution in [3.05, 3.63) is 71.9 Å². The number of fused-ring (bicyclic) bond motifs is 1. The van der Waals surface area contributed by atoms with Gasteiger partial charge in [-0.1, -0.05) is 130 Å². The summed E-state index contributed by atoms with van der Waals surface area (Å²) in [6.45, 7) is 12.3. The standard InChI is InChI=1S/C87H137N23O25/c1-9-45(6)69(108-76(124)56(30-32-66(114)115)100-79(127)60(39-65(92)113)102-80(128)61(40-67(116)117)103-75(123)55(29-31-64(91)112)99-73(121)54(28-21-35-95-87(93)94)97-72(120)51(90)25-17-19-33-88)84(132)105-57(36-44(4)5)81(129)109-70(46(7)10-2)85(133)106-58(37-48-22-13-12-14-23-48)77(125)101-59(38-49-42-96-52-26-16-15-24-50(49)52)78(126)107-63(43-111)83(131)98-53(27-18-20-34-89)74(122)104-62(41-68(118)119)82(130)110-71(86(134)135)47(8)11-3/h12-16,22-24,26,42,44-47,51,53-63,69-71,96,111H,9-11,17-21,25,27-41,43,88-90H2,1-8H3,(H2,91,112)(H2,92,113)(H,97,120)(H,98,131)(H,99,121)(H,100,127)(H,101,125)(H,102,128)(H,103,123)(H,104,122)(H,105,132)(H,106,133)(H,107,126)(H,108,124)(H,109,129)(H,110,130)(H,114,115)(H,116,117)(H,118,119)(H,134,135)(H4,93,94,95)/t45-,46-,47-,51-,53-,54-,55-,56-,57-,58-,59-,60-,61-,62-,63-,69-,70-,71-/m0/s1. The van der Waals surface area contributed by atoms with Gasteiger partial charge in [-0.15, -0.1) is 0 Å². The number of nitrogens with two attached hydrogens (primary N) is 6. The first-order valence-electron chi connectivity index (χ1n) is 44.9. The van der Waals surface area contributed by atoms with Crippen LogP contribution < -0.4 is 114 Å². The Bertz CT molecular complexity index is 4540. The number of H-pyrrole nitrogens is 1. The number of rotatable bonds is 66. The van der Waals surface area contributed by atoms with Crippen LogP contribution >= 0.6 is 0 Å². The number of carboxylic acids is 4. The van der Waals surface area contributed by atoms with Crippen molar-refractivity contribution in [3.8, 4) is 0 Å². The number of aromatic nitrogens is 1. The number of carbonyl (C=O) groups excluding carboxylic acids is 16. The lowest BCUT2D eigenvalue weighted by atomic mass is 9.94. The van der Waals surface area contributed by atoms with Crippen molar-refractivity contribution in [3.63, 3.8) is 0 Å². The monoisotopic (exact) mass is 1900 g/mol. The minimum atomic E-state index is -2.20. The Morgan fingerprint density at radius 3 is 1.21 bits per heavy atom. The number of para-hydroxylation sites is 1. The highest BCUT2D eigenvalue weighted by Gasteiger charge is 2.42. The van der Waals surface area contributed by atoms with Gasteiger partial charge in [0, 0.05) is 49.3 Å². The molecule has 0 fully saturated rings. The van der Waals surface area contributed by atoms with Crippen LogP contribution in [0.25, 0.3) is 10.9 Å². The van der Waals surface area contributed by atoms with Crippen LogP contribution in [0.2, 0.25) is 0 Å². The smallest absolute Gasteiger partial charge is 0.326 e. The summed E-state index contributed by atoms with van der Waals surface area (Å²) >= 11 is 0. The summed E-state index contributed by atoms with van der Waals surface area (Å²) in [4.78, 5) is 279. The second-order valence-electron chi connectivity index (χ2n) is 33.7. The normalized spacial score (nSPS) is 15.2. The van der Waals surface area contributed by atoms with E-state index < -0.39 is 290 Å². The van der Waals surface area contributed by atoms with E-state index in [9.17, 15) is 112 Å². The van der Waals surface area contributed by atoms with Crippen molar-refractivity contribution < 1.29 is 121 Å². The summed E-state index contributed by atoms with van der Waals surface area (Å²) in [5.74, 6) is -27.5. The molecule has 3 rings (SSSR count). The molecule has 34 N–H and O–H groups in total. The fourth-order valence-electron chi connectivity index (χ4n) is 14.0. The summed E-state index contributed by atoms with van der Waals surface area (Å²) in [5.41, 5.74) is 35.2. The molecule has 0 radical (unpaired) electrons. The fourth-order valence-corrected chi connectivity index (χ4v) is 14.0. The predicted molar refractivity (Wildman–Crippen MR) is 488 cm³/mol. The maximum absolute atomic E-state index is 15.2. The number of aliphatic carboxylic acids is 4. The molecule has 3 aromatic rings. The lowest BCUT2D eigenvalue weighted by Crippen LogP contribution is -2.62. The van der Waals surface area contributed by atoms with Gasteiger partial charge in [0.25, 0.3) is 0 Å². The quantitative estimate of drug-likeness (QED) is 0.0143. The molecule has 0 bridgehead atoms. The van der Waals surface area contributed by atoms with Gasteiger partial charge in [-0.25, -0.2) is 4.79 Å². The Morgan fingerprint density at radius 1 is 0.378 bits per heavy atom. The van der Waals surface area contributed by atoms with Gasteiger partial charge in [-0.05, 0) is 118 Å². The van der Waals surface area contributed by atoms with E-state index in [1.54, 1.807) is 102 Å². The van der Waals surface area contributed by atoms with Gasteiger partial charge in [0.1, 0.15) is 84.6 Å². The Hall–Kier alpha value is -13.5. The fraction of sp³-hybridized carbons (Fsp3) is 0.598. The number of primary amides is 2. The molecular weight excluding hydrogens is 1770 g/mol. The topological polar surface area (TPSA) is 819 Å². The number of carbonyl (C=O) groups is 20. The van der Waals surface area contributed by atoms with E-state index >= 15 is 9.59 Å². The van der Waals surface area contributed by atoms with Crippen LogP contribution in [0.15, 0.2) is 60.8 Å². The highest BCUT2D eigenvalue weighted by Crippen LogP contribution is 2.22. The lowest BCUT2D eigenvalue weighted by molar-refractivity contribution is -0.145. The Balaban J connectivity index is 2.05. The number of guanidine groups is 1. The number of hydrogen-bond donors (Lipinski definition) is 28. The zero-order valence-corrected chi connectivity index (χ0v) is 77.3. The van der Waals surface area contributed by atoms with E-state index in [2.05, 4.69) is 84.7 Å². The molecule has 48 heteroatoms. The number of aliphatic hydroxyl groups is 1. The molecule has 0 aliphatic heterocycles. The molecule has 750 valence electrons. The van der Waals surface area contributed by atoms with E-state index in [0.717, 1.165) is 0 Å². The lowest BCUT2D eigenvalue weighted by Gasteiger charge is -2.31. The average molecular weight is 1910 g/mol. The Labute approximate surface area is 780 Å². The second-order valence-corrected chi connectivity index (χ2v) is 33.7. The van der Waals surface area contributed by atoms with Crippen LogP contribution in [-0.2, 0) is 109 Å². The summed E-state index contributed by atoms with van der Waals surface area (Å²) < 4.78 is 0. The number of nitrogens with one attached hydrogen (secondary N) is 17. The molecule has 18 atom stereocenters. The molecule has 1 heterocycles. The van der Waals surface area contributed by atoms with Gasteiger partial charge in [-0.3, -0.25) is 96.5 Å². The molecule has 0 spiro atoms. The molecule has 16 amide bonds. The first kappa shape index (κ1) is 116. The van der Waals surface area contributed by atoms with E-state index in [4.69, 9.17) is 39.8 Å².